The Morgan fingerprint density at radius 3 is 2.33 bits per heavy atom. The van der Waals surface area contributed by atoms with Gasteiger partial charge in [-0.15, -0.1) is 0 Å². The van der Waals surface area contributed by atoms with Crippen molar-refractivity contribution < 1.29 is 14.7 Å². The van der Waals surface area contributed by atoms with E-state index in [0.29, 0.717) is 6.54 Å². The van der Waals surface area contributed by atoms with Crippen LogP contribution in [0.3, 0.4) is 0 Å². The van der Waals surface area contributed by atoms with Gasteiger partial charge in [0.15, 0.2) is 0 Å². The molecule has 0 saturated heterocycles. The summed E-state index contributed by atoms with van der Waals surface area (Å²) in [5.41, 5.74) is -1.16. The van der Waals surface area contributed by atoms with Gasteiger partial charge in [0.25, 0.3) is 0 Å². The van der Waals surface area contributed by atoms with E-state index in [2.05, 4.69) is 5.32 Å². The summed E-state index contributed by atoms with van der Waals surface area (Å²) in [6, 6.07) is -0.0384. The predicted molar refractivity (Wildman–Crippen MR) is 55.6 cm³/mol. The van der Waals surface area contributed by atoms with Crippen LogP contribution in [0.5, 0.6) is 0 Å². The van der Waals surface area contributed by atoms with Gasteiger partial charge in [0.2, 0.25) is 0 Å². The molecule has 0 bridgehead atoms. The molecule has 0 aromatic rings. The number of carbonyl (C=O) groups is 2. The molecule has 5 heteroatoms. The van der Waals surface area contributed by atoms with Gasteiger partial charge in [-0.25, -0.2) is 9.59 Å². The molecule has 1 fully saturated rings. The highest BCUT2D eigenvalue weighted by molar-refractivity contribution is 5.85. The van der Waals surface area contributed by atoms with Crippen LogP contribution in [-0.4, -0.2) is 40.1 Å². The molecule has 0 spiro atoms. The van der Waals surface area contributed by atoms with Crippen molar-refractivity contribution in [1.29, 1.82) is 0 Å². The van der Waals surface area contributed by atoms with Gasteiger partial charge in [-0.1, -0.05) is 0 Å². The summed E-state index contributed by atoms with van der Waals surface area (Å²) >= 11 is 0. The normalized spacial score (nSPS) is 15.9. The largest absolute Gasteiger partial charge is 0.480 e. The highest BCUT2D eigenvalue weighted by Crippen LogP contribution is 2.21. The van der Waals surface area contributed by atoms with Gasteiger partial charge in [0, 0.05) is 12.6 Å². The Kier molecular flexibility index (Phi) is 3.21. The van der Waals surface area contributed by atoms with Crippen LogP contribution in [0, 0.1) is 0 Å². The number of carbonyl (C=O) groups excluding carboxylic acids is 1. The van der Waals surface area contributed by atoms with E-state index >= 15 is 0 Å². The molecule has 2 amide bonds. The van der Waals surface area contributed by atoms with E-state index in [9.17, 15) is 9.59 Å². The Morgan fingerprint density at radius 2 is 2.00 bits per heavy atom. The first-order valence-electron chi connectivity index (χ1n) is 5.21. The third kappa shape index (κ3) is 2.61. The molecule has 0 heterocycles. The van der Waals surface area contributed by atoms with Gasteiger partial charge >= 0.3 is 12.0 Å². The second-order valence-corrected chi connectivity index (χ2v) is 4.33. The van der Waals surface area contributed by atoms with Crippen molar-refractivity contribution in [3.63, 3.8) is 0 Å². The molecule has 1 saturated carbocycles. The molecule has 0 radical (unpaired) electrons. The molecule has 0 unspecified atom stereocenters. The van der Waals surface area contributed by atoms with Gasteiger partial charge in [0.05, 0.1) is 0 Å². The highest BCUT2D eigenvalue weighted by atomic mass is 16.4. The zero-order chi connectivity index (χ0) is 11.6. The third-order valence-corrected chi connectivity index (χ3v) is 2.66. The number of carboxylic acids is 1. The van der Waals surface area contributed by atoms with Crippen molar-refractivity contribution >= 4 is 12.0 Å². The second kappa shape index (κ2) is 4.08. The average molecular weight is 214 g/mol. The van der Waals surface area contributed by atoms with Gasteiger partial charge in [0.1, 0.15) is 5.54 Å². The van der Waals surface area contributed by atoms with E-state index in [-0.39, 0.29) is 12.1 Å². The lowest BCUT2D eigenvalue weighted by Crippen LogP contribution is -2.56. The van der Waals surface area contributed by atoms with Crippen molar-refractivity contribution in [2.75, 3.05) is 6.54 Å². The number of urea groups is 1. The van der Waals surface area contributed by atoms with Crippen molar-refractivity contribution in [2.24, 2.45) is 0 Å². The SMILES string of the molecule is CCN(C(=O)NC1CC1)C(C)(C)C(=O)O. The van der Waals surface area contributed by atoms with Crippen LogP contribution in [0.4, 0.5) is 4.79 Å². The molecule has 1 aliphatic rings. The van der Waals surface area contributed by atoms with Crippen LogP contribution in [-0.2, 0) is 4.79 Å². The standard InChI is InChI=1S/C10H18N2O3/c1-4-12(10(2,3)8(13)14)9(15)11-7-5-6-7/h7H,4-6H2,1-3H3,(H,11,15)(H,13,14). The van der Waals surface area contributed by atoms with Gasteiger partial charge in [-0.2, -0.15) is 0 Å². The van der Waals surface area contributed by atoms with E-state index in [1.807, 2.05) is 0 Å². The van der Waals surface area contributed by atoms with Gasteiger partial charge in [-0.05, 0) is 33.6 Å². The molecule has 0 atom stereocenters. The fourth-order valence-electron chi connectivity index (χ4n) is 1.39. The van der Waals surface area contributed by atoms with Crippen molar-refractivity contribution in [1.82, 2.24) is 10.2 Å². The summed E-state index contributed by atoms with van der Waals surface area (Å²) in [5.74, 6) is -0.990. The lowest BCUT2D eigenvalue weighted by atomic mass is 10.0. The van der Waals surface area contributed by atoms with Crippen LogP contribution < -0.4 is 5.32 Å². The summed E-state index contributed by atoms with van der Waals surface area (Å²) in [6.45, 7) is 5.23. The number of nitrogens with zero attached hydrogens (tertiary/aromatic N) is 1. The molecule has 1 aliphatic carbocycles. The number of hydrogen-bond acceptors (Lipinski definition) is 2. The Balaban J connectivity index is 2.67. The molecule has 5 nitrogen and oxygen atoms in total. The molecule has 0 aliphatic heterocycles. The summed E-state index contributed by atoms with van der Waals surface area (Å²) in [6.07, 6.45) is 1.99. The van der Waals surface area contributed by atoms with Crippen LogP contribution >= 0.6 is 0 Å². The van der Waals surface area contributed by atoms with Crippen LogP contribution in [0.15, 0.2) is 0 Å². The zero-order valence-electron chi connectivity index (χ0n) is 9.41. The number of aliphatic carboxylic acids is 1. The zero-order valence-corrected chi connectivity index (χ0v) is 9.41. The smallest absolute Gasteiger partial charge is 0.329 e. The maximum atomic E-state index is 11.7. The first kappa shape index (κ1) is 11.8. The van der Waals surface area contributed by atoms with Crippen LogP contribution in [0.2, 0.25) is 0 Å². The lowest BCUT2D eigenvalue weighted by Gasteiger charge is -2.34. The Morgan fingerprint density at radius 1 is 1.47 bits per heavy atom. The van der Waals surface area contributed by atoms with Gasteiger partial charge < -0.3 is 15.3 Å². The quantitative estimate of drug-likeness (QED) is 0.734. The van der Waals surface area contributed by atoms with Crippen LogP contribution in [0.1, 0.15) is 33.6 Å². The van der Waals surface area contributed by atoms with E-state index < -0.39 is 11.5 Å². The molecule has 86 valence electrons. The minimum Gasteiger partial charge on any atom is -0.480 e. The first-order valence-corrected chi connectivity index (χ1v) is 5.21. The first-order chi connectivity index (χ1) is 6.89. The second-order valence-electron chi connectivity index (χ2n) is 4.33. The number of rotatable bonds is 4. The third-order valence-electron chi connectivity index (χ3n) is 2.66. The number of amides is 2. The predicted octanol–water partition coefficient (Wildman–Crippen LogP) is 1.04. The number of nitrogens with one attached hydrogen (secondary N) is 1. The molecule has 0 aromatic heterocycles. The summed E-state index contributed by atoms with van der Waals surface area (Å²) in [4.78, 5) is 24.1. The number of hydrogen-bond donors (Lipinski definition) is 2. The van der Waals surface area contributed by atoms with E-state index in [0.717, 1.165) is 12.8 Å². The van der Waals surface area contributed by atoms with Crippen LogP contribution in [0.25, 0.3) is 0 Å². The van der Waals surface area contributed by atoms with Crippen molar-refractivity contribution in [3.05, 3.63) is 0 Å². The monoisotopic (exact) mass is 214 g/mol. The van der Waals surface area contributed by atoms with E-state index in [1.54, 1.807) is 6.92 Å². The van der Waals surface area contributed by atoms with E-state index in [1.165, 1.54) is 18.7 Å². The Bertz CT molecular complexity index is 272. The number of likely N-dealkylation sites (N-methyl/N-ethyl adjacent to an activating group) is 1. The Labute approximate surface area is 89.4 Å². The van der Waals surface area contributed by atoms with E-state index in [4.69, 9.17) is 5.11 Å². The molecule has 15 heavy (non-hydrogen) atoms. The lowest BCUT2D eigenvalue weighted by molar-refractivity contribution is -0.147. The average Bonchev–Trinajstić information content (AvgIpc) is 2.88. The summed E-state index contributed by atoms with van der Waals surface area (Å²) in [7, 11) is 0. The molecular formula is C10H18N2O3. The van der Waals surface area contributed by atoms with Crippen molar-refractivity contribution in [3.8, 4) is 0 Å². The highest BCUT2D eigenvalue weighted by Gasteiger charge is 2.38. The van der Waals surface area contributed by atoms with Gasteiger partial charge in [-0.3, -0.25) is 0 Å². The maximum Gasteiger partial charge on any atom is 0.329 e. The fraction of sp³-hybridized carbons (Fsp3) is 0.800. The molecule has 2 N–H and O–H groups in total. The topological polar surface area (TPSA) is 69.6 Å². The maximum absolute atomic E-state index is 11.7. The molecule has 1 rings (SSSR count). The minimum atomic E-state index is -1.16. The Hall–Kier alpha value is -1.26. The minimum absolute atomic E-state index is 0.246. The molecular weight excluding hydrogens is 196 g/mol. The molecule has 0 aromatic carbocycles. The van der Waals surface area contributed by atoms with Crippen molar-refractivity contribution in [2.45, 2.75) is 45.2 Å². The summed E-state index contributed by atoms with van der Waals surface area (Å²) < 4.78 is 0. The number of carboxylic acid groups (broad SMARTS) is 1. The summed E-state index contributed by atoms with van der Waals surface area (Å²) in [5, 5.41) is 11.8. The fourth-order valence-corrected chi connectivity index (χ4v) is 1.39.